The standard InChI is InChI=1S/C22H22BrNO4/c1-26-18-9-7-15(13-20(18)27-2)11-12-24-21(25)14-28-19-10-8-16-5-3-4-6-17(16)22(19)23/h3-10,13H,11-12,14H2,1-2H3,(H,24,25). The van der Waals surface area contributed by atoms with E-state index in [0.717, 1.165) is 20.8 Å². The molecule has 0 unspecified atom stereocenters. The van der Waals surface area contributed by atoms with Gasteiger partial charge in [0, 0.05) is 6.54 Å². The number of nitrogens with one attached hydrogen (secondary N) is 1. The fourth-order valence-corrected chi connectivity index (χ4v) is 3.51. The molecule has 0 saturated carbocycles. The molecule has 0 aliphatic rings. The van der Waals surface area contributed by atoms with Gasteiger partial charge in [0.25, 0.3) is 5.91 Å². The summed E-state index contributed by atoms with van der Waals surface area (Å²) in [6.07, 6.45) is 0.686. The van der Waals surface area contributed by atoms with E-state index >= 15 is 0 Å². The number of hydrogen-bond donors (Lipinski definition) is 1. The van der Waals surface area contributed by atoms with E-state index in [4.69, 9.17) is 14.2 Å². The number of fused-ring (bicyclic) bond motifs is 1. The molecule has 5 nitrogen and oxygen atoms in total. The number of hydrogen-bond acceptors (Lipinski definition) is 4. The summed E-state index contributed by atoms with van der Waals surface area (Å²) in [6.45, 7) is 0.472. The normalized spacial score (nSPS) is 10.5. The third-order valence-electron chi connectivity index (χ3n) is 4.37. The topological polar surface area (TPSA) is 56.8 Å². The van der Waals surface area contributed by atoms with Gasteiger partial charge in [-0.2, -0.15) is 0 Å². The lowest BCUT2D eigenvalue weighted by Gasteiger charge is -2.11. The van der Waals surface area contributed by atoms with Crippen LogP contribution in [0.2, 0.25) is 0 Å². The molecule has 0 fully saturated rings. The zero-order chi connectivity index (χ0) is 19.9. The fraction of sp³-hybridized carbons (Fsp3) is 0.227. The Bertz CT molecular complexity index is 974. The van der Waals surface area contributed by atoms with E-state index in [1.807, 2.05) is 54.6 Å². The maximum absolute atomic E-state index is 12.1. The summed E-state index contributed by atoms with van der Waals surface area (Å²) in [5, 5.41) is 5.03. The molecular formula is C22H22BrNO4. The molecule has 3 aromatic carbocycles. The van der Waals surface area contributed by atoms with Crippen LogP contribution in [0.4, 0.5) is 0 Å². The van der Waals surface area contributed by atoms with Crippen molar-refractivity contribution in [3.8, 4) is 17.2 Å². The zero-order valence-electron chi connectivity index (χ0n) is 15.8. The minimum Gasteiger partial charge on any atom is -0.493 e. The smallest absolute Gasteiger partial charge is 0.257 e. The molecule has 146 valence electrons. The average molecular weight is 444 g/mol. The molecule has 6 heteroatoms. The molecule has 0 aliphatic carbocycles. The number of rotatable bonds is 8. The minimum absolute atomic E-state index is 0.0388. The Kier molecular flexibility index (Phi) is 6.76. The van der Waals surface area contributed by atoms with Crippen LogP contribution >= 0.6 is 15.9 Å². The SMILES string of the molecule is COc1ccc(CCNC(=O)COc2ccc3ccccc3c2Br)cc1OC. The van der Waals surface area contributed by atoms with Gasteiger partial charge in [0.15, 0.2) is 18.1 Å². The van der Waals surface area contributed by atoms with Gasteiger partial charge in [-0.15, -0.1) is 0 Å². The van der Waals surface area contributed by atoms with Crippen molar-refractivity contribution in [3.05, 3.63) is 64.6 Å². The Balaban J connectivity index is 1.51. The number of methoxy groups -OCH3 is 2. The van der Waals surface area contributed by atoms with Gasteiger partial charge in [0.1, 0.15) is 5.75 Å². The molecule has 0 radical (unpaired) electrons. The number of benzene rings is 3. The third kappa shape index (κ3) is 4.75. The molecule has 1 amide bonds. The fourth-order valence-electron chi connectivity index (χ4n) is 2.90. The van der Waals surface area contributed by atoms with Gasteiger partial charge in [-0.25, -0.2) is 0 Å². The average Bonchev–Trinajstić information content (AvgIpc) is 2.73. The van der Waals surface area contributed by atoms with E-state index in [1.165, 1.54) is 0 Å². The summed E-state index contributed by atoms with van der Waals surface area (Å²) in [7, 11) is 3.21. The highest BCUT2D eigenvalue weighted by atomic mass is 79.9. The molecule has 0 atom stereocenters. The Morgan fingerprint density at radius 1 is 0.964 bits per heavy atom. The molecule has 28 heavy (non-hydrogen) atoms. The van der Waals surface area contributed by atoms with E-state index < -0.39 is 0 Å². The highest BCUT2D eigenvalue weighted by molar-refractivity contribution is 9.10. The first-order valence-electron chi connectivity index (χ1n) is 8.90. The predicted octanol–water partition coefficient (Wildman–Crippen LogP) is 4.36. The van der Waals surface area contributed by atoms with E-state index in [0.29, 0.717) is 30.2 Å². The van der Waals surface area contributed by atoms with Crippen LogP contribution in [0, 0.1) is 0 Å². The number of carbonyl (C=O) groups is 1. The lowest BCUT2D eigenvalue weighted by Crippen LogP contribution is -2.30. The van der Waals surface area contributed by atoms with Gasteiger partial charge in [-0.3, -0.25) is 4.79 Å². The van der Waals surface area contributed by atoms with Crippen molar-refractivity contribution in [2.75, 3.05) is 27.4 Å². The molecule has 0 heterocycles. The van der Waals surface area contributed by atoms with Crippen LogP contribution in [0.25, 0.3) is 10.8 Å². The van der Waals surface area contributed by atoms with Crippen LogP contribution in [0.15, 0.2) is 59.1 Å². The number of ether oxygens (including phenoxy) is 3. The molecular weight excluding hydrogens is 422 g/mol. The van der Waals surface area contributed by atoms with Crippen molar-refractivity contribution in [3.63, 3.8) is 0 Å². The Labute approximate surface area is 172 Å². The summed E-state index contributed by atoms with van der Waals surface area (Å²) in [5.74, 6) is 1.84. The zero-order valence-corrected chi connectivity index (χ0v) is 17.4. The van der Waals surface area contributed by atoms with Gasteiger partial charge in [-0.1, -0.05) is 36.4 Å². The largest absolute Gasteiger partial charge is 0.493 e. The summed E-state index contributed by atoms with van der Waals surface area (Å²) >= 11 is 3.56. The van der Waals surface area contributed by atoms with Gasteiger partial charge >= 0.3 is 0 Å². The van der Waals surface area contributed by atoms with Crippen LogP contribution in [0.3, 0.4) is 0 Å². The molecule has 0 bridgehead atoms. The van der Waals surface area contributed by atoms with Gasteiger partial charge in [0.05, 0.1) is 18.7 Å². The summed E-state index contributed by atoms with van der Waals surface area (Å²) in [6, 6.07) is 17.6. The van der Waals surface area contributed by atoms with Crippen LogP contribution in [-0.4, -0.2) is 33.3 Å². The maximum atomic E-state index is 12.1. The van der Waals surface area contributed by atoms with Crippen LogP contribution in [0.5, 0.6) is 17.2 Å². The Morgan fingerprint density at radius 2 is 1.71 bits per heavy atom. The molecule has 0 saturated heterocycles. The van der Waals surface area contributed by atoms with Gasteiger partial charge in [0.2, 0.25) is 0 Å². The molecule has 3 rings (SSSR count). The van der Waals surface area contributed by atoms with Crippen LogP contribution in [-0.2, 0) is 11.2 Å². The number of carbonyl (C=O) groups excluding carboxylic acids is 1. The summed E-state index contributed by atoms with van der Waals surface area (Å²) in [5.41, 5.74) is 1.05. The molecule has 1 N–H and O–H groups in total. The van der Waals surface area contributed by atoms with Gasteiger partial charge in [-0.05, 0) is 56.9 Å². The van der Waals surface area contributed by atoms with Crippen molar-refractivity contribution < 1.29 is 19.0 Å². The van der Waals surface area contributed by atoms with Crippen LogP contribution in [0.1, 0.15) is 5.56 Å². The molecule has 0 aliphatic heterocycles. The second-order valence-corrected chi connectivity index (χ2v) is 6.97. The van der Waals surface area contributed by atoms with Crippen molar-refractivity contribution in [1.29, 1.82) is 0 Å². The highest BCUT2D eigenvalue weighted by Crippen LogP contribution is 2.33. The van der Waals surface area contributed by atoms with Crippen molar-refractivity contribution in [2.45, 2.75) is 6.42 Å². The van der Waals surface area contributed by atoms with E-state index in [-0.39, 0.29) is 12.5 Å². The first kappa shape index (κ1) is 20.0. The number of halogens is 1. The number of amides is 1. The van der Waals surface area contributed by atoms with E-state index in [2.05, 4.69) is 21.2 Å². The summed E-state index contributed by atoms with van der Waals surface area (Å²) in [4.78, 5) is 12.1. The second-order valence-electron chi connectivity index (χ2n) is 6.18. The maximum Gasteiger partial charge on any atom is 0.257 e. The van der Waals surface area contributed by atoms with Crippen molar-refractivity contribution in [1.82, 2.24) is 5.32 Å². The second kappa shape index (κ2) is 9.46. The first-order valence-corrected chi connectivity index (χ1v) is 9.69. The molecule has 0 spiro atoms. The lowest BCUT2D eigenvalue weighted by molar-refractivity contribution is -0.123. The molecule has 3 aromatic rings. The van der Waals surface area contributed by atoms with Crippen molar-refractivity contribution in [2.24, 2.45) is 0 Å². The van der Waals surface area contributed by atoms with E-state index in [1.54, 1.807) is 14.2 Å². The lowest BCUT2D eigenvalue weighted by atomic mass is 10.1. The van der Waals surface area contributed by atoms with Crippen LogP contribution < -0.4 is 19.5 Å². The first-order chi connectivity index (χ1) is 13.6. The van der Waals surface area contributed by atoms with Crippen molar-refractivity contribution >= 4 is 32.6 Å². The molecule has 0 aromatic heterocycles. The van der Waals surface area contributed by atoms with Gasteiger partial charge < -0.3 is 19.5 Å². The highest BCUT2D eigenvalue weighted by Gasteiger charge is 2.09. The predicted molar refractivity (Wildman–Crippen MR) is 113 cm³/mol. The summed E-state index contributed by atoms with van der Waals surface area (Å²) < 4.78 is 17.1. The van der Waals surface area contributed by atoms with E-state index in [9.17, 15) is 4.79 Å². The Morgan fingerprint density at radius 3 is 2.50 bits per heavy atom. The monoisotopic (exact) mass is 443 g/mol. The minimum atomic E-state index is -0.166. The third-order valence-corrected chi connectivity index (χ3v) is 5.19. The quantitative estimate of drug-likeness (QED) is 0.561. The Hall–Kier alpha value is -2.73.